The van der Waals surface area contributed by atoms with Crippen LogP contribution < -0.4 is 10.1 Å². The largest absolute Gasteiger partial charge is 0.483 e. The molecular formula is C31H35ClN2O3. The molecule has 1 aliphatic carbocycles. The number of halogens is 1. The molecule has 0 saturated heterocycles. The lowest BCUT2D eigenvalue weighted by molar-refractivity contribution is -0.143. The fraction of sp³-hybridized carbons (Fsp3) is 0.355. The second-order valence-corrected chi connectivity index (χ2v) is 10.3. The summed E-state index contributed by atoms with van der Waals surface area (Å²) in [5.41, 5.74) is 3.87. The summed E-state index contributed by atoms with van der Waals surface area (Å²) in [6, 6.07) is 22.6. The van der Waals surface area contributed by atoms with Crippen molar-refractivity contribution in [3.63, 3.8) is 0 Å². The first-order valence-corrected chi connectivity index (χ1v) is 13.3. The first-order chi connectivity index (χ1) is 17.9. The Kier molecular flexibility index (Phi) is 9.24. The number of hydrogen-bond donors (Lipinski definition) is 1. The number of nitrogens with one attached hydrogen (secondary N) is 1. The molecular weight excluding hydrogens is 484 g/mol. The Hall–Kier alpha value is -3.31. The van der Waals surface area contributed by atoms with E-state index in [0.717, 1.165) is 47.9 Å². The Labute approximate surface area is 224 Å². The molecule has 0 unspecified atom stereocenters. The minimum Gasteiger partial charge on any atom is -0.483 e. The van der Waals surface area contributed by atoms with Crippen molar-refractivity contribution in [1.29, 1.82) is 0 Å². The molecule has 0 bridgehead atoms. The molecule has 37 heavy (non-hydrogen) atoms. The van der Waals surface area contributed by atoms with Crippen LogP contribution in [0, 0.1) is 13.8 Å². The molecule has 194 valence electrons. The Morgan fingerprint density at radius 3 is 2.43 bits per heavy atom. The Morgan fingerprint density at radius 2 is 1.70 bits per heavy atom. The quantitative estimate of drug-likeness (QED) is 0.356. The molecule has 3 aromatic carbocycles. The van der Waals surface area contributed by atoms with Gasteiger partial charge in [-0.2, -0.15) is 0 Å². The van der Waals surface area contributed by atoms with Crippen molar-refractivity contribution in [2.24, 2.45) is 0 Å². The number of carbonyl (C=O) groups is 2. The molecule has 1 saturated carbocycles. The van der Waals surface area contributed by atoms with E-state index in [9.17, 15) is 9.59 Å². The number of benzene rings is 3. The van der Waals surface area contributed by atoms with Crippen LogP contribution in [-0.2, 0) is 22.6 Å². The third-order valence-corrected chi connectivity index (χ3v) is 7.14. The zero-order chi connectivity index (χ0) is 26.2. The number of hydrogen-bond acceptors (Lipinski definition) is 3. The highest BCUT2D eigenvalue weighted by Gasteiger charge is 2.32. The zero-order valence-corrected chi connectivity index (χ0v) is 22.3. The summed E-state index contributed by atoms with van der Waals surface area (Å²) in [5.74, 6) is 0.298. The summed E-state index contributed by atoms with van der Waals surface area (Å²) in [6.45, 7) is 4.04. The van der Waals surface area contributed by atoms with E-state index in [4.69, 9.17) is 16.3 Å². The van der Waals surface area contributed by atoms with Crippen molar-refractivity contribution in [3.05, 3.63) is 100 Å². The molecule has 2 amide bonds. The first kappa shape index (κ1) is 26.7. The highest BCUT2D eigenvalue weighted by molar-refractivity contribution is 6.30. The van der Waals surface area contributed by atoms with Gasteiger partial charge in [-0.3, -0.25) is 9.59 Å². The van der Waals surface area contributed by atoms with Crippen LogP contribution in [0.5, 0.6) is 5.75 Å². The molecule has 1 atom stereocenters. The maximum atomic E-state index is 13.8. The Morgan fingerprint density at radius 1 is 0.973 bits per heavy atom. The highest BCUT2D eigenvalue weighted by Crippen LogP contribution is 2.22. The molecule has 1 fully saturated rings. The third-order valence-electron chi connectivity index (χ3n) is 6.91. The predicted octanol–water partition coefficient (Wildman–Crippen LogP) is 6.03. The van der Waals surface area contributed by atoms with E-state index in [0.29, 0.717) is 17.2 Å². The molecule has 5 nitrogen and oxygen atoms in total. The van der Waals surface area contributed by atoms with Crippen molar-refractivity contribution >= 4 is 23.4 Å². The lowest BCUT2D eigenvalue weighted by Gasteiger charge is -2.32. The molecule has 0 spiro atoms. The third kappa shape index (κ3) is 7.59. The van der Waals surface area contributed by atoms with Crippen molar-refractivity contribution in [2.45, 2.75) is 64.6 Å². The van der Waals surface area contributed by atoms with Crippen molar-refractivity contribution in [3.8, 4) is 5.75 Å². The van der Waals surface area contributed by atoms with Crippen LogP contribution >= 0.6 is 11.6 Å². The van der Waals surface area contributed by atoms with Crippen LogP contribution in [0.15, 0.2) is 72.8 Å². The zero-order valence-electron chi connectivity index (χ0n) is 21.6. The van der Waals surface area contributed by atoms with E-state index in [1.54, 1.807) is 11.0 Å². The summed E-state index contributed by atoms with van der Waals surface area (Å²) in [6.07, 6.45) is 4.59. The molecule has 1 aliphatic rings. The molecule has 4 rings (SSSR count). The summed E-state index contributed by atoms with van der Waals surface area (Å²) >= 11 is 6.26. The topological polar surface area (TPSA) is 58.6 Å². The summed E-state index contributed by atoms with van der Waals surface area (Å²) in [4.78, 5) is 29.1. The lowest BCUT2D eigenvalue weighted by Crippen LogP contribution is -2.53. The minimum atomic E-state index is -0.684. The van der Waals surface area contributed by atoms with Gasteiger partial charge in [0.25, 0.3) is 5.91 Å². The van der Waals surface area contributed by atoms with Gasteiger partial charge < -0.3 is 15.0 Å². The van der Waals surface area contributed by atoms with Gasteiger partial charge >= 0.3 is 0 Å². The van der Waals surface area contributed by atoms with Gasteiger partial charge in [0.05, 0.1) is 0 Å². The van der Waals surface area contributed by atoms with Crippen molar-refractivity contribution < 1.29 is 14.3 Å². The lowest BCUT2D eigenvalue weighted by atomic mass is 10.0. The van der Waals surface area contributed by atoms with Crippen LogP contribution in [0.1, 0.15) is 47.9 Å². The Balaban J connectivity index is 1.62. The number of aryl methyl sites for hydroxylation is 2. The van der Waals surface area contributed by atoms with Gasteiger partial charge in [-0.25, -0.2) is 0 Å². The maximum absolute atomic E-state index is 13.8. The summed E-state index contributed by atoms with van der Waals surface area (Å²) in [7, 11) is 0. The van der Waals surface area contributed by atoms with Crippen LogP contribution in [-0.4, -0.2) is 35.4 Å². The predicted molar refractivity (Wildman–Crippen MR) is 148 cm³/mol. The molecule has 0 heterocycles. The molecule has 1 N–H and O–H groups in total. The van der Waals surface area contributed by atoms with Gasteiger partial charge in [0.2, 0.25) is 5.91 Å². The van der Waals surface area contributed by atoms with Gasteiger partial charge in [0.15, 0.2) is 6.61 Å². The molecule has 0 aliphatic heterocycles. The number of rotatable bonds is 10. The fourth-order valence-corrected chi connectivity index (χ4v) is 5.05. The van der Waals surface area contributed by atoms with E-state index < -0.39 is 6.04 Å². The average molecular weight is 519 g/mol. The molecule has 3 aromatic rings. The van der Waals surface area contributed by atoms with Crippen LogP contribution in [0.3, 0.4) is 0 Å². The van der Waals surface area contributed by atoms with Crippen LogP contribution in [0.4, 0.5) is 0 Å². The summed E-state index contributed by atoms with van der Waals surface area (Å²) < 4.78 is 5.99. The van der Waals surface area contributed by atoms with Gasteiger partial charge in [-0.05, 0) is 67.1 Å². The van der Waals surface area contributed by atoms with Crippen LogP contribution in [0.2, 0.25) is 5.02 Å². The van der Waals surface area contributed by atoms with Crippen LogP contribution in [0.25, 0.3) is 0 Å². The van der Waals surface area contributed by atoms with Gasteiger partial charge in [0.1, 0.15) is 11.8 Å². The number of amides is 2. The second kappa shape index (κ2) is 12.8. The van der Waals surface area contributed by atoms with E-state index in [-0.39, 0.29) is 31.0 Å². The van der Waals surface area contributed by atoms with Gasteiger partial charge in [-0.15, -0.1) is 0 Å². The van der Waals surface area contributed by atoms with E-state index >= 15 is 0 Å². The second-order valence-electron chi connectivity index (χ2n) is 9.90. The normalized spacial score (nSPS) is 14.2. The standard InChI is InChI=1S/C31H35ClN2O3/c1-22-15-16-23(2)29(17-22)37-21-30(35)34(20-25-11-8-12-26(32)18-25)28(19-24-9-4-3-5-10-24)31(36)33-27-13-6-7-14-27/h3-5,8-12,15-18,27-28H,6-7,13-14,19-21H2,1-2H3,(H,33,36)/t28-/m1/s1. The van der Waals surface area contributed by atoms with E-state index in [1.807, 2.05) is 80.6 Å². The number of carbonyl (C=O) groups excluding carboxylic acids is 2. The minimum absolute atomic E-state index is 0.127. The smallest absolute Gasteiger partial charge is 0.261 e. The average Bonchev–Trinajstić information content (AvgIpc) is 3.40. The number of nitrogens with zero attached hydrogens (tertiary/aromatic N) is 1. The van der Waals surface area contributed by atoms with Crippen molar-refractivity contribution in [2.75, 3.05) is 6.61 Å². The van der Waals surface area contributed by atoms with Gasteiger partial charge in [-0.1, -0.05) is 79.0 Å². The molecule has 6 heteroatoms. The molecule has 0 radical (unpaired) electrons. The fourth-order valence-electron chi connectivity index (χ4n) is 4.84. The number of ether oxygens (including phenoxy) is 1. The maximum Gasteiger partial charge on any atom is 0.261 e. The van der Waals surface area contributed by atoms with E-state index in [1.165, 1.54) is 0 Å². The highest BCUT2D eigenvalue weighted by atomic mass is 35.5. The van der Waals surface area contributed by atoms with Crippen molar-refractivity contribution in [1.82, 2.24) is 10.2 Å². The monoisotopic (exact) mass is 518 g/mol. The first-order valence-electron chi connectivity index (χ1n) is 13.0. The molecule has 0 aromatic heterocycles. The van der Waals surface area contributed by atoms with Gasteiger partial charge in [0, 0.05) is 24.0 Å². The Bertz CT molecular complexity index is 1210. The SMILES string of the molecule is Cc1ccc(C)c(OCC(=O)N(Cc2cccc(Cl)c2)[C@H](Cc2ccccc2)C(=O)NC2CCCC2)c1. The summed E-state index contributed by atoms with van der Waals surface area (Å²) in [5, 5.41) is 3.81. The van der Waals surface area contributed by atoms with E-state index in [2.05, 4.69) is 5.32 Å².